The van der Waals surface area contributed by atoms with Crippen molar-refractivity contribution in [1.82, 2.24) is 0 Å². The van der Waals surface area contributed by atoms with E-state index in [4.69, 9.17) is 4.43 Å². The van der Waals surface area contributed by atoms with Crippen molar-refractivity contribution in [1.29, 1.82) is 0 Å². The molecule has 4 aliphatic rings. The molecule has 0 aromatic heterocycles. The summed E-state index contributed by atoms with van der Waals surface area (Å²) in [5, 5.41) is -0.372. The average molecular weight is 769 g/mol. The topological polar surface area (TPSA) is 63.6 Å². The van der Waals surface area contributed by atoms with E-state index < -0.39 is 31.7 Å². The van der Waals surface area contributed by atoms with Crippen LogP contribution in [0.4, 0.5) is 0 Å². The Bertz CT molecular complexity index is 1610. The highest BCUT2D eigenvalue weighted by Gasteiger charge is 2.58. The SMILES string of the molecule is C[C@@H](C(CCC(C)(C)CC(C)(C)[Si](C)(C)O)S(=O)(=O)c1ccccc1)[C@H]1CC[C@H]2C3=CC=C4C[C@@H](O[Si](C)(C)C(C)(C)C)CC[C@]4(C)[C@H]3CC[C@]12C. The Balaban J connectivity index is 1.40. The highest BCUT2D eigenvalue weighted by Crippen LogP contribution is 2.66. The number of rotatable bonds is 12. The van der Waals surface area contributed by atoms with Gasteiger partial charge in [0.15, 0.2) is 26.5 Å². The smallest absolute Gasteiger partial charge is 0.192 e. The fourth-order valence-electron chi connectivity index (χ4n) is 11.3. The van der Waals surface area contributed by atoms with Crippen LogP contribution in [-0.4, -0.2) is 41.2 Å². The lowest BCUT2D eigenvalue weighted by Crippen LogP contribution is -2.49. The molecule has 1 aromatic rings. The van der Waals surface area contributed by atoms with Crippen molar-refractivity contribution in [3.63, 3.8) is 0 Å². The molecule has 0 bridgehead atoms. The van der Waals surface area contributed by atoms with Gasteiger partial charge in [0.1, 0.15) is 0 Å². The Morgan fingerprint density at radius 2 is 1.52 bits per heavy atom. The zero-order chi connectivity index (χ0) is 38.9. The number of benzene rings is 1. The van der Waals surface area contributed by atoms with Crippen molar-refractivity contribution in [2.24, 2.45) is 39.9 Å². The van der Waals surface area contributed by atoms with E-state index in [1.165, 1.54) is 19.3 Å². The lowest BCUT2D eigenvalue weighted by molar-refractivity contribution is 0.0343. The summed E-state index contributed by atoms with van der Waals surface area (Å²) in [6.07, 6.45) is 15.8. The van der Waals surface area contributed by atoms with Gasteiger partial charge in [-0.3, -0.25) is 0 Å². The van der Waals surface area contributed by atoms with E-state index in [1.54, 1.807) is 23.3 Å². The van der Waals surface area contributed by atoms with Gasteiger partial charge < -0.3 is 9.22 Å². The van der Waals surface area contributed by atoms with E-state index in [9.17, 15) is 13.2 Å². The molecule has 0 saturated heterocycles. The molecule has 4 nitrogen and oxygen atoms in total. The van der Waals surface area contributed by atoms with Crippen LogP contribution in [0.1, 0.15) is 133 Å². The van der Waals surface area contributed by atoms with Gasteiger partial charge in [0.2, 0.25) is 0 Å². The summed E-state index contributed by atoms with van der Waals surface area (Å²) in [4.78, 5) is 11.6. The third-order valence-corrected chi connectivity index (χ3v) is 26.7. The second-order valence-corrected chi connectivity index (χ2v) is 33.3. The fourth-order valence-corrected chi connectivity index (χ4v) is 15.7. The Hall–Kier alpha value is -0.996. The summed E-state index contributed by atoms with van der Waals surface area (Å²) in [5.41, 5.74) is 3.49. The lowest BCUT2D eigenvalue weighted by Gasteiger charge is -2.56. The first-order chi connectivity index (χ1) is 23.7. The summed E-state index contributed by atoms with van der Waals surface area (Å²) >= 11 is 0. The van der Waals surface area contributed by atoms with Gasteiger partial charge in [-0.05, 0) is 153 Å². The highest BCUT2D eigenvalue weighted by molar-refractivity contribution is 7.92. The Kier molecular flexibility index (Phi) is 11.5. The molecule has 0 spiro atoms. The van der Waals surface area contributed by atoms with Crippen molar-refractivity contribution in [2.75, 3.05) is 0 Å². The third-order valence-electron chi connectivity index (χ3n) is 16.2. The molecular formula is C45H76O4SSi2. The van der Waals surface area contributed by atoms with Crippen molar-refractivity contribution < 1.29 is 17.6 Å². The van der Waals surface area contributed by atoms with Gasteiger partial charge in [-0.25, -0.2) is 8.42 Å². The third kappa shape index (κ3) is 7.84. The summed E-state index contributed by atoms with van der Waals surface area (Å²) in [5.74, 6) is 1.51. The molecule has 7 heteroatoms. The van der Waals surface area contributed by atoms with E-state index in [2.05, 4.69) is 94.5 Å². The number of hydrogen-bond donors (Lipinski definition) is 1. The zero-order valence-electron chi connectivity index (χ0n) is 35.7. The van der Waals surface area contributed by atoms with Crippen LogP contribution in [0.3, 0.4) is 0 Å². The predicted molar refractivity (Wildman–Crippen MR) is 225 cm³/mol. The molecule has 0 radical (unpaired) electrons. The number of fused-ring (bicyclic) bond motifs is 5. The zero-order valence-corrected chi connectivity index (χ0v) is 38.5. The van der Waals surface area contributed by atoms with Crippen LogP contribution in [0.5, 0.6) is 0 Å². The molecule has 0 aliphatic heterocycles. The molecule has 52 heavy (non-hydrogen) atoms. The molecule has 0 amide bonds. The first-order valence-electron chi connectivity index (χ1n) is 20.8. The molecule has 0 heterocycles. The van der Waals surface area contributed by atoms with Crippen LogP contribution in [-0.2, 0) is 14.3 Å². The molecular weight excluding hydrogens is 693 g/mol. The van der Waals surface area contributed by atoms with Crippen LogP contribution in [0, 0.1) is 39.9 Å². The number of allylic oxidation sites excluding steroid dienone is 3. The van der Waals surface area contributed by atoms with Crippen LogP contribution in [0.15, 0.2) is 58.5 Å². The fraction of sp³-hybridized carbons (Fsp3) is 0.778. The van der Waals surface area contributed by atoms with Crippen LogP contribution in [0.2, 0.25) is 36.3 Å². The molecule has 1 N–H and O–H groups in total. The van der Waals surface area contributed by atoms with Crippen molar-refractivity contribution >= 4 is 26.5 Å². The van der Waals surface area contributed by atoms with E-state index >= 15 is 0 Å². The van der Waals surface area contributed by atoms with E-state index in [1.807, 2.05) is 31.3 Å². The van der Waals surface area contributed by atoms with Crippen molar-refractivity contribution in [3.05, 3.63) is 53.6 Å². The summed E-state index contributed by atoms with van der Waals surface area (Å²) in [6.45, 7) is 32.2. The summed E-state index contributed by atoms with van der Waals surface area (Å²) in [6, 6.07) is 9.26. The molecule has 8 atom stereocenters. The maximum absolute atomic E-state index is 14.7. The molecule has 5 rings (SSSR count). The van der Waals surface area contributed by atoms with Gasteiger partial charge in [-0.15, -0.1) is 0 Å². The lowest BCUT2D eigenvalue weighted by atomic mass is 9.50. The summed E-state index contributed by atoms with van der Waals surface area (Å²) < 4.78 is 36.4. The minimum Gasteiger partial charge on any atom is -0.432 e. The highest BCUT2D eigenvalue weighted by atomic mass is 32.2. The van der Waals surface area contributed by atoms with Gasteiger partial charge in [0, 0.05) is 6.10 Å². The molecule has 1 unspecified atom stereocenters. The number of sulfone groups is 1. The first-order valence-corrected chi connectivity index (χ1v) is 28.2. The molecule has 294 valence electrons. The minimum atomic E-state index is -3.55. The molecule has 1 aromatic carbocycles. The quantitative estimate of drug-likeness (QED) is 0.215. The number of hydrogen-bond acceptors (Lipinski definition) is 4. The van der Waals surface area contributed by atoms with Gasteiger partial charge in [0.05, 0.1) is 10.1 Å². The monoisotopic (exact) mass is 769 g/mol. The van der Waals surface area contributed by atoms with Crippen LogP contribution in [0.25, 0.3) is 0 Å². The predicted octanol–water partition coefficient (Wildman–Crippen LogP) is 12.5. The van der Waals surface area contributed by atoms with E-state index in [0.717, 1.165) is 38.5 Å². The molecule has 4 aliphatic carbocycles. The Morgan fingerprint density at radius 3 is 2.12 bits per heavy atom. The first kappa shape index (κ1) is 42.2. The molecule has 3 saturated carbocycles. The maximum Gasteiger partial charge on any atom is 0.192 e. The summed E-state index contributed by atoms with van der Waals surface area (Å²) in [7, 11) is -7.77. The minimum absolute atomic E-state index is 0.0537. The largest absolute Gasteiger partial charge is 0.432 e. The van der Waals surface area contributed by atoms with E-state index in [0.29, 0.717) is 35.2 Å². The molecule has 3 fully saturated rings. The Labute approximate surface area is 322 Å². The van der Waals surface area contributed by atoms with Crippen molar-refractivity contribution in [3.8, 4) is 0 Å². The van der Waals surface area contributed by atoms with E-state index in [-0.39, 0.29) is 32.2 Å². The second kappa shape index (κ2) is 14.2. The van der Waals surface area contributed by atoms with Gasteiger partial charge in [-0.1, -0.05) is 111 Å². The maximum atomic E-state index is 14.7. The van der Waals surface area contributed by atoms with Crippen LogP contribution >= 0.6 is 0 Å². The van der Waals surface area contributed by atoms with Crippen molar-refractivity contribution in [2.45, 2.75) is 186 Å². The second-order valence-electron chi connectivity index (χ2n) is 21.9. The standard InChI is InChI=1S/C45H76O4SSi2/c1-32(40(50(46,47)35-18-16-15-17-19-35)26-27-42(5,6)31-43(7,8)51(11,12)48)37-22-23-38-36-21-20-33-30-34(49-52(13,14)41(2,3)4)24-28-44(33,9)39(36)25-29-45(37,38)10/h15-21,32,34,37-40,48H,22-31H2,1-14H3/t32-,34+,37-,38+,39+,40?,44+,45-/m1/s1. The van der Waals surface area contributed by atoms with Gasteiger partial charge in [-0.2, -0.15) is 0 Å². The normalized spacial score (nSPS) is 31.5. The van der Waals surface area contributed by atoms with Gasteiger partial charge in [0.25, 0.3) is 0 Å². The van der Waals surface area contributed by atoms with Gasteiger partial charge >= 0.3 is 0 Å². The Morgan fingerprint density at radius 1 is 0.885 bits per heavy atom. The van der Waals surface area contributed by atoms with Crippen LogP contribution < -0.4 is 0 Å². The average Bonchev–Trinajstić information content (AvgIpc) is 3.37.